The quantitative estimate of drug-likeness (QED) is 0.343. The molecule has 37 heavy (non-hydrogen) atoms. The Labute approximate surface area is 219 Å². The van der Waals surface area contributed by atoms with Gasteiger partial charge in [-0.1, -0.05) is 75.4 Å². The smallest absolute Gasteiger partial charge is 0.348 e. The van der Waals surface area contributed by atoms with E-state index < -0.39 is 23.4 Å². The lowest BCUT2D eigenvalue weighted by atomic mass is 9.79. The van der Waals surface area contributed by atoms with Gasteiger partial charge in [-0.3, -0.25) is 9.78 Å². The van der Waals surface area contributed by atoms with Gasteiger partial charge in [0, 0.05) is 17.7 Å². The second-order valence-electron chi connectivity index (χ2n) is 9.97. The zero-order valence-corrected chi connectivity index (χ0v) is 21.7. The second kappa shape index (κ2) is 11.5. The number of amides is 1. The number of benzene rings is 2. The highest BCUT2D eigenvalue weighted by Crippen LogP contribution is 2.40. The SMILES string of the molecule is CC(C)c1cccc(-c2nc(-c3cc(CNC(=O)C4(C(F)F)CCCCCC4)ccc3Cl)[nH]c(=O)n2)c1. The third-order valence-corrected chi connectivity index (χ3v) is 7.40. The van der Waals surface area contributed by atoms with Gasteiger partial charge in [0.15, 0.2) is 5.82 Å². The van der Waals surface area contributed by atoms with Crippen molar-refractivity contribution >= 4 is 17.5 Å². The van der Waals surface area contributed by atoms with E-state index in [1.165, 1.54) is 0 Å². The standard InChI is InChI=1S/C28H31ClF2N4O2/c1-17(2)19-8-7-9-20(15-19)23-33-24(35-27(37)34-23)21-14-18(10-11-22(21)29)16-32-26(36)28(25(30)31)12-5-3-4-6-13-28/h7-11,14-15,17,25H,3-6,12-13,16H2,1-2H3,(H,32,36)(H,33,34,35,37). The number of aromatic amines is 1. The maximum Gasteiger partial charge on any atom is 0.348 e. The van der Waals surface area contributed by atoms with Gasteiger partial charge < -0.3 is 5.32 Å². The Hall–Kier alpha value is -3.13. The highest BCUT2D eigenvalue weighted by atomic mass is 35.5. The average Bonchev–Trinajstić information content (AvgIpc) is 3.15. The van der Waals surface area contributed by atoms with Gasteiger partial charge in [-0.2, -0.15) is 4.98 Å². The Kier molecular flexibility index (Phi) is 8.37. The molecule has 1 aliphatic carbocycles. The van der Waals surface area contributed by atoms with Crippen LogP contribution in [-0.2, 0) is 11.3 Å². The van der Waals surface area contributed by atoms with Crippen molar-refractivity contribution in [1.82, 2.24) is 20.3 Å². The molecule has 0 aliphatic heterocycles. The molecule has 9 heteroatoms. The number of halogens is 3. The van der Waals surface area contributed by atoms with Crippen molar-refractivity contribution in [3.05, 3.63) is 69.1 Å². The van der Waals surface area contributed by atoms with E-state index in [4.69, 9.17) is 11.6 Å². The summed E-state index contributed by atoms with van der Waals surface area (Å²) in [6, 6.07) is 12.7. The van der Waals surface area contributed by atoms with Crippen LogP contribution in [0.2, 0.25) is 5.02 Å². The number of carbonyl (C=O) groups is 1. The molecular weight excluding hydrogens is 498 g/mol. The lowest BCUT2D eigenvalue weighted by Gasteiger charge is -2.30. The normalized spacial score (nSPS) is 15.5. The largest absolute Gasteiger partial charge is 0.351 e. The molecule has 4 rings (SSSR count). The van der Waals surface area contributed by atoms with Gasteiger partial charge in [0.25, 0.3) is 6.43 Å². The maximum absolute atomic E-state index is 14.0. The van der Waals surface area contributed by atoms with Gasteiger partial charge in [0.1, 0.15) is 11.2 Å². The summed E-state index contributed by atoms with van der Waals surface area (Å²) >= 11 is 6.45. The molecule has 0 bridgehead atoms. The van der Waals surface area contributed by atoms with Crippen LogP contribution in [0.4, 0.5) is 8.78 Å². The van der Waals surface area contributed by atoms with Crippen LogP contribution in [-0.4, -0.2) is 27.3 Å². The first-order chi connectivity index (χ1) is 17.7. The van der Waals surface area contributed by atoms with Crippen LogP contribution in [0.1, 0.15) is 69.4 Å². The third kappa shape index (κ3) is 6.06. The Bertz CT molecular complexity index is 1320. The number of hydrogen-bond acceptors (Lipinski definition) is 4. The molecule has 0 radical (unpaired) electrons. The van der Waals surface area contributed by atoms with Gasteiger partial charge in [-0.15, -0.1) is 0 Å². The number of hydrogen-bond donors (Lipinski definition) is 2. The van der Waals surface area contributed by atoms with E-state index in [0.29, 0.717) is 40.5 Å². The van der Waals surface area contributed by atoms with Crippen molar-refractivity contribution in [3.63, 3.8) is 0 Å². The molecule has 1 amide bonds. The van der Waals surface area contributed by atoms with Crippen LogP contribution in [0.5, 0.6) is 0 Å². The van der Waals surface area contributed by atoms with E-state index in [0.717, 1.165) is 18.4 Å². The van der Waals surface area contributed by atoms with E-state index in [9.17, 15) is 18.4 Å². The summed E-state index contributed by atoms with van der Waals surface area (Å²) in [5, 5.41) is 3.06. The fourth-order valence-corrected chi connectivity index (χ4v) is 5.01. The molecule has 1 aliphatic rings. The van der Waals surface area contributed by atoms with E-state index in [-0.39, 0.29) is 31.0 Å². The highest BCUT2D eigenvalue weighted by molar-refractivity contribution is 6.33. The van der Waals surface area contributed by atoms with Gasteiger partial charge in [-0.25, -0.2) is 18.6 Å². The monoisotopic (exact) mass is 528 g/mol. The van der Waals surface area contributed by atoms with Crippen LogP contribution < -0.4 is 11.0 Å². The van der Waals surface area contributed by atoms with Crippen molar-refractivity contribution in [2.75, 3.05) is 0 Å². The summed E-state index contributed by atoms with van der Waals surface area (Å²) in [5.74, 6) is 0.174. The molecular formula is C28H31ClF2N4O2. The van der Waals surface area contributed by atoms with Crippen LogP contribution in [0.3, 0.4) is 0 Å². The average molecular weight is 529 g/mol. The first-order valence-electron chi connectivity index (χ1n) is 12.6. The molecule has 1 saturated carbocycles. The van der Waals surface area contributed by atoms with Crippen LogP contribution in [0, 0.1) is 5.41 Å². The Morgan fingerprint density at radius 2 is 1.81 bits per heavy atom. The molecule has 2 N–H and O–H groups in total. The molecule has 0 saturated heterocycles. The van der Waals surface area contributed by atoms with E-state index >= 15 is 0 Å². The molecule has 0 atom stereocenters. The van der Waals surface area contributed by atoms with E-state index in [1.54, 1.807) is 18.2 Å². The van der Waals surface area contributed by atoms with Gasteiger partial charge in [-0.05, 0) is 48.1 Å². The lowest BCUT2D eigenvalue weighted by Crippen LogP contribution is -2.45. The molecule has 1 aromatic heterocycles. The van der Waals surface area contributed by atoms with Crippen molar-refractivity contribution in [3.8, 4) is 22.8 Å². The summed E-state index contributed by atoms with van der Waals surface area (Å²) in [5.41, 5.74) is 0.675. The number of H-pyrrole nitrogens is 1. The van der Waals surface area contributed by atoms with E-state index in [2.05, 4.69) is 34.1 Å². The molecule has 3 aromatic rings. The molecule has 1 fully saturated rings. The third-order valence-electron chi connectivity index (χ3n) is 7.07. The number of carbonyl (C=O) groups excluding carboxylic acids is 1. The highest BCUT2D eigenvalue weighted by Gasteiger charge is 2.46. The number of nitrogens with zero attached hydrogens (tertiary/aromatic N) is 2. The van der Waals surface area contributed by atoms with Gasteiger partial charge in [0.2, 0.25) is 5.91 Å². The predicted molar refractivity (Wildman–Crippen MR) is 141 cm³/mol. The lowest BCUT2D eigenvalue weighted by molar-refractivity contribution is -0.142. The zero-order chi connectivity index (χ0) is 26.6. The number of nitrogens with one attached hydrogen (secondary N) is 2. The molecule has 6 nitrogen and oxygen atoms in total. The van der Waals surface area contributed by atoms with Gasteiger partial charge >= 0.3 is 5.69 Å². The molecule has 1 heterocycles. The first-order valence-corrected chi connectivity index (χ1v) is 13.0. The van der Waals surface area contributed by atoms with Crippen molar-refractivity contribution in [2.45, 2.75) is 71.3 Å². The van der Waals surface area contributed by atoms with Crippen molar-refractivity contribution in [2.24, 2.45) is 5.41 Å². The van der Waals surface area contributed by atoms with Gasteiger partial charge in [0.05, 0.1) is 5.02 Å². The van der Waals surface area contributed by atoms with E-state index in [1.807, 2.05) is 24.3 Å². The fraction of sp³-hybridized carbons (Fsp3) is 0.429. The summed E-state index contributed by atoms with van der Waals surface area (Å²) in [4.78, 5) is 36.6. The number of aromatic nitrogens is 3. The van der Waals surface area contributed by atoms with Crippen molar-refractivity contribution < 1.29 is 13.6 Å². The van der Waals surface area contributed by atoms with Crippen molar-refractivity contribution in [1.29, 1.82) is 0 Å². The predicted octanol–water partition coefficient (Wildman–Crippen LogP) is 6.50. The summed E-state index contributed by atoms with van der Waals surface area (Å²) in [7, 11) is 0. The van der Waals surface area contributed by atoms with Crippen LogP contribution in [0.25, 0.3) is 22.8 Å². The Morgan fingerprint density at radius 3 is 2.49 bits per heavy atom. The summed E-state index contributed by atoms with van der Waals surface area (Å²) in [6.45, 7) is 4.20. The fourth-order valence-electron chi connectivity index (χ4n) is 4.80. The van der Waals surface area contributed by atoms with Crippen LogP contribution in [0.15, 0.2) is 47.3 Å². The number of rotatable bonds is 7. The summed E-state index contributed by atoms with van der Waals surface area (Å²) < 4.78 is 28.1. The summed E-state index contributed by atoms with van der Waals surface area (Å²) in [6.07, 6.45) is 0.618. The molecule has 0 unspecified atom stereocenters. The Balaban J connectivity index is 1.60. The minimum absolute atomic E-state index is 0.0517. The zero-order valence-electron chi connectivity index (χ0n) is 21.0. The maximum atomic E-state index is 14.0. The first kappa shape index (κ1) is 26.9. The second-order valence-corrected chi connectivity index (χ2v) is 10.4. The molecule has 2 aromatic carbocycles. The molecule has 196 valence electrons. The minimum Gasteiger partial charge on any atom is -0.351 e. The molecule has 0 spiro atoms. The minimum atomic E-state index is -2.72. The van der Waals surface area contributed by atoms with Crippen LogP contribution >= 0.6 is 11.6 Å². The topological polar surface area (TPSA) is 87.7 Å². The number of alkyl halides is 2. The Morgan fingerprint density at radius 1 is 1.08 bits per heavy atom.